The molecule has 0 fully saturated rings. The quantitative estimate of drug-likeness (QED) is 0.494. The van der Waals surface area contributed by atoms with E-state index in [-0.39, 0.29) is 0 Å². The van der Waals surface area contributed by atoms with Crippen molar-refractivity contribution in [1.29, 1.82) is 0 Å². The molecule has 1 aliphatic heterocycles. The summed E-state index contributed by atoms with van der Waals surface area (Å²) < 4.78 is 0. The van der Waals surface area contributed by atoms with Crippen molar-refractivity contribution < 1.29 is 0 Å². The Kier molecular flexibility index (Phi) is 0.758. The Labute approximate surface area is 51.7 Å². The number of hydrogen-bond acceptors (Lipinski definition) is 2. The molecule has 0 unspecified atom stereocenters. The molecule has 0 saturated heterocycles. The Hall–Kier alpha value is -0.630. The summed E-state index contributed by atoms with van der Waals surface area (Å²) in [6, 6.07) is 0. The minimum absolute atomic E-state index is 0.870. The molecule has 8 heavy (non-hydrogen) atoms. The van der Waals surface area contributed by atoms with Crippen LogP contribution >= 0.6 is 11.3 Å². The van der Waals surface area contributed by atoms with Gasteiger partial charge in [-0.3, -0.25) is 4.99 Å². The van der Waals surface area contributed by atoms with Crippen LogP contribution in [0.1, 0.15) is 11.1 Å². The summed E-state index contributed by atoms with van der Waals surface area (Å²) in [5, 5.41) is 5.21. The van der Waals surface area contributed by atoms with Gasteiger partial charge in [0, 0.05) is 11.8 Å². The van der Waals surface area contributed by atoms with Crippen LogP contribution in [-0.4, -0.2) is 6.21 Å². The third-order valence-corrected chi connectivity index (χ3v) is 1.94. The summed E-state index contributed by atoms with van der Waals surface area (Å²) in [5.74, 6) is 0. The normalized spacial score (nSPS) is 14.5. The van der Waals surface area contributed by atoms with Crippen LogP contribution in [0.3, 0.4) is 0 Å². The highest BCUT2D eigenvalue weighted by molar-refractivity contribution is 7.07. The molecule has 1 aliphatic rings. The molecule has 0 spiro atoms. The van der Waals surface area contributed by atoms with Crippen LogP contribution in [0, 0.1) is 5.38 Å². The number of fused-ring (bicyclic) bond motifs is 1. The zero-order chi connectivity index (χ0) is 5.40. The molecule has 2 rings (SSSR count). The summed E-state index contributed by atoms with van der Waals surface area (Å²) in [6.45, 7) is 0.870. The maximum absolute atomic E-state index is 4.06. The molecule has 2 heteroatoms. The predicted molar refractivity (Wildman–Crippen MR) is 34.5 cm³/mol. The molecule has 0 N–H and O–H groups in total. The van der Waals surface area contributed by atoms with E-state index in [4.69, 9.17) is 0 Å². The molecule has 39 valence electrons. The Morgan fingerprint density at radius 2 is 2.75 bits per heavy atom. The average molecular weight is 122 g/mol. The van der Waals surface area contributed by atoms with E-state index < -0.39 is 0 Å². The van der Waals surface area contributed by atoms with Crippen LogP contribution < -0.4 is 0 Å². The van der Waals surface area contributed by atoms with Crippen molar-refractivity contribution in [3.8, 4) is 0 Å². The van der Waals surface area contributed by atoms with Crippen molar-refractivity contribution in [2.24, 2.45) is 4.99 Å². The van der Waals surface area contributed by atoms with Crippen LogP contribution in [0.4, 0.5) is 0 Å². The van der Waals surface area contributed by atoms with Gasteiger partial charge in [0.25, 0.3) is 0 Å². The van der Waals surface area contributed by atoms with E-state index in [1.54, 1.807) is 11.3 Å². The van der Waals surface area contributed by atoms with Gasteiger partial charge in [-0.05, 0) is 10.9 Å². The molecule has 1 aromatic heterocycles. The molecule has 0 amide bonds. The van der Waals surface area contributed by atoms with Crippen LogP contribution in [-0.2, 0) is 6.54 Å². The van der Waals surface area contributed by atoms with E-state index in [1.165, 1.54) is 11.1 Å². The number of aliphatic imine (C=N–C) groups is 1. The minimum atomic E-state index is 0.870. The lowest BCUT2D eigenvalue weighted by Crippen LogP contribution is -1.70. The molecular weight excluding hydrogens is 118 g/mol. The first-order valence-corrected chi connectivity index (χ1v) is 3.32. The minimum Gasteiger partial charge on any atom is -0.288 e. The highest BCUT2D eigenvalue weighted by Gasteiger charge is 2.04. The second kappa shape index (κ2) is 1.42. The van der Waals surface area contributed by atoms with Gasteiger partial charge in [0.05, 0.1) is 11.9 Å². The van der Waals surface area contributed by atoms with Gasteiger partial charge in [-0.15, -0.1) is 11.3 Å². The lowest BCUT2D eigenvalue weighted by atomic mass is 10.2. The summed E-state index contributed by atoms with van der Waals surface area (Å²) in [6.07, 6.45) is 1.88. The Morgan fingerprint density at radius 3 is 3.62 bits per heavy atom. The number of rotatable bonds is 0. The Balaban J connectivity index is 2.67. The molecule has 0 aliphatic carbocycles. The Morgan fingerprint density at radius 1 is 1.75 bits per heavy atom. The fourth-order valence-electron chi connectivity index (χ4n) is 0.760. The van der Waals surface area contributed by atoms with Crippen molar-refractivity contribution in [3.63, 3.8) is 0 Å². The standard InChI is InChI=1S/C6H4NS/c1-5-3-8-4-6(5)2-7-1/h1,4H,2H2. The third kappa shape index (κ3) is 0.434. The average Bonchev–Trinajstić information content (AvgIpc) is 2.15. The lowest BCUT2D eigenvalue weighted by Gasteiger charge is -1.77. The van der Waals surface area contributed by atoms with Crippen LogP contribution in [0.25, 0.3) is 0 Å². The van der Waals surface area contributed by atoms with Gasteiger partial charge in [0.15, 0.2) is 0 Å². The number of nitrogens with zero attached hydrogens (tertiary/aromatic N) is 1. The molecular formula is C6H4NS. The zero-order valence-corrected chi connectivity index (χ0v) is 5.03. The van der Waals surface area contributed by atoms with Crippen LogP contribution in [0.5, 0.6) is 0 Å². The van der Waals surface area contributed by atoms with E-state index in [0.717, 1.165) is 6.54 Å². The van der Waals surface area contributed by atoms with Gasteiger partial charge in [0.1, 0.15) is 0 Å². The zero-order valence-electron chi connectivity index (χ0n) is 4.22. The van der Waals surface area contributed by atoms with Gasteiger partial charge in [-0.2, -0.15) is 0 Å². The molecule has 0 saturated carbocycles. The molecule has 1 nitrogen and oxygen atoms in total. The fraction of sp³-hybridized carbons (Fsp3) is 0.167. The molecule has 0 aromatic carbocycles. The van der Waals surface area contributed by atoms with E-state index >= 15 is 0 Å². The second-order valence-electron chi connectivity index (χ2n) is 1.75. The smallest absolute Gasteiger partial charge is 0.0654 e. The summed E-state index contributed by atoms with van der Waals surface area (Å²) >= 11 is 1.63. The predicted octanol–water partition coefficient (Wildman–Crippen LogP) is 1.48. The van der Waals surface area contributed by atoms with Gasteiger partial charge < -0.3 is 0 Å². The van der Waals surface area contributed by atoms with E-state index in [9.17, 15) is 0 Å². The van der Waals surface area contributed by atoms with Gasteiger partial charge in [-0.25, -0.2) is 0 Å². The number of hydrogen-bond donors (Lipinski definition) is 0. The van der Waals surface area contributed by atoms with E-state index in [1.807, 2.05) is 6.21 Å². The van der Waals surface area contributed by atoms with Crippen molar-refractivity contribution >= 4 is 17.6 Å². The van der Waals surface area contributed by atoms with Crippen molar-refractivity contribution in [2.45, 2.75) is 6.54 Å². The first-order chi connectivity index (χ1) is 3.97. The van der Waals surface area contributed by atoms with Crippen molar-refractivity contribution in [2.75, 3.05) is 0 Å². The van der Waals surface area contributed by atoms with Crippen molar-refractivity contribution in [3.05, 3.63) is 21.9 Å². The third-order valence-electron chi connectivity index (χ3n) is 1.20. The summed E-state index contributed by atoms with van der Waals surface area (Å²) in [4.78, 5) is 4.06. The lowest BCUT2D eigenvalue weighted by molar-refractivity contribution is 1.12. The summed E-state index contributed by atoms with van der Waals surface area (Å²) in [5.41, 5.74) is 2.52. The highest BCUT2D eigenvalue weighted by Crippen LogP contribution is 2.17. The van der Waals surface area contributed by atoms with Crippen molar-refractivity contribution in [1.82, 2.24) is 0 Å². The Bertz CT molecular complexity index is 224. The van der Waals surface area contributed by atoms with Crippen LogP contribution in [0.2, 0.25) is 0 Å². The molecule has 0 bridgehead atoms. The molecule has 1 radical (unpaired) electrons. The summed E-state index contributed by atoms with van der Waals surface area (Å²) in [7, 11) is 0. The first kappa shape index (κ1) is 4.27. The fourth-order valence-corrected chi connectivity index (χ4v) is 1.47. The van der Waals surface area contributed by atoms with Gasteiger partial charge in [-0.1, -0.05) is 0 Å². The van der Waals surface area contributed by atoms with E-state index in [2.05, 4.69) is 15.8 Å². The second-order valence-corrected chi connectivity index (χ2v) is 2.42. The topological polar surface area (TPSA) is 12.4 Å². The first-order valence-electron chi connectivity index (χ1n) is 2.45. The highest BCUT2D eigenvalue weighted by atomic mass is 32.1. The monoisotopic (exact) mass is 122 g/mol. The molecule has 1 aromatic rings. The maximum atomic E-state index is 4.06. The maximum Gasteiger partial charge on any atom is 0.0654 e. The van der Waals surface area contributed by atoms with Gasteiger partial charge >= 0.3 is 0 Å². The number of thiophene rings is 1. The van der Waals surface area contributed by atoms with Crippen LogP contribution in [0.15, 0.2) is 10.4 Å². The van der Waals surface area contributed by atoms with Gasteiger partial charge in [0.2, 0.25) is 0 Å². The molecule has 2 heterocycles. The molecule has 0 atom stereocenters. The SMILES string of the molecule is [c]1scc2c1C=NC2. The van der Waals surface area contributed by atoms with E-state index in [0.29, 0.717) is 0 Å². The largest absolute Gasteiger partial charge is 0.288 e.